The number of benzene rings is 2. The van der Waals surface area contributed by atoms with E-state index >= 15 is 0 Å². The number of fused-ring (bicyclic) bond motifs is 2. The number of hydrogen-bond donors (Lipinski definition) is 2. The van der Waals surface area contributed by atoms with E-state index in [1.54, 1.807) is 6.07 Å². The van der Waals surface area contributed by atoms with Crippen molar-refractivity contribution in [3.05, 3.63) is 59.7 Å². The second-order valence-corrected chi connectivity index (χ2v) is 5.22. The number of para-hydroxylation sites is 1. The minimum Gasteiger partial charge on any atom is -0.384 e. The number of nitrogens with zero attached hydrogens (tertiary/aromatic N) is 1. The van der Waals surface area contributed by atoms with E-state index in [9.17, 15) is 4.39 Å². The van der Waals surface area contributed by atoms with Crippen LogP contribution in [0.2, 0.25) is 0 Å². The summed E-state index contributed by atoms with van der Waals surface area (Å²) < 4.78 is 13.2. The van der Waals surface area contributed by atoms with Crippen LogP contribution >= 0.6 is 0 Å². The zero-order valence-electron chi connectivity index (χ0n) is 10.9. The standard InChI is InChI=1S/C16H14FN3/c17-12-5-6-14-15(8-12)20-16(19-14)11-7-10-3-1-2-4-13(10)18-9-11/h1-6,8,11,18H,7,9H2,(H,19,20). The molecule has 0 spiro atoms. The summed E-state index contributed by atoms with van der Waals surface area (Å²) in [6, 6.07) is 13.0. The smallest absolute Gasteiger partial charge is 0.125 e. The van der Waals surface area contributed by atoms with Gasteiger partial charge in [-0.2, -0.15) is 0 Å². The van der Waals surface area contributed by atoms with Gasteiger partial charge in [-0.3, -0.25) is 0 Å². The van der Waals surface area contributed by atoms with Gasteiger partial charge >= 0.3 is 0 Å². The largest absolute Gasteiger partial charge is 0.384 e. The molecule has 0 amide bonds. The minimum atomic E-state index is -0.236. The van der Waals surface area contributed by atoms with Gasteiger partial charge in [-0.1, -0.05) is 18.2 Å². The van der Waals surface area contributed by atoms with Crippen LogP contribution in [0.4, 0.5) is 10.1 Å². The second-order valence-electron chi connectivity index (χ2n) is 5.22. The van der Waals surface area contributed by atoms with Crippen LogP contribution in [-0.2, 0) is 6.42 Å². The molecule has 1 unspecified atom stereocenters. The number of halogens is 1. The average Bonchev–Trinajstić information content (AvgIpc) is 2.89. The summed E-state index contributed by atoms with van der Waals surface area (Å²) in [5.41, 5.74) is 4.08. The molecule has 1 aliphatic heterocycles. The summed E-state index contributed by atoms with van der Waals surface area (Å²) in [5.74, 6) is 0.979. The van der Waals surface area contributed by atoms with Crippen LogP contribution in [0.5, 0.6) is 0 Å². The summed E-state index contributed by atoms with van der Waals surface area (Å²) in [5, 5.41) is 3.43. The summed E-state index contributed by atoms with van der Waals surface area (Å²) in [6.45, 7) is 0.847. The molecule has 1 aliphatic rings. The molecular formula is C16H14FN3. The first-order chi connectivity index (χ1) is 9.79. The van der Waals surface area contributed by atoms with Crippen LogP contribution in [-0.4, -0.2) is 16.5 Å². The monoisotopic (exact) mass is 267 g/mol. The molecule has 1 aromatic heterocycles. The van der Waals surface area contributed by atoms with Crippen molar-refractivity contribution in [3.8, 4) is 0 Å². The maximum Gasteiger partial charge on any atom is 0.125 e. The number of aromatic nitrogens is 2. The van der Waals surface area contributed by atoms with E-state index in [1.165, 1.54) is 23.4 Å². The highest BCUT2D eigenvalue weighted by Crippen LogP contribution is 2.30. The third-order valence-electron chi connectivity index (χ3n) is 3.87. The van der Waals surface area contributed by atoms with E-state index in [0.717, 1.165) is 29.8 Å². The molecule has 0 saturated carbocycles. The maximum absolute atomic E-state index is 13.2. The summed E-state index contributed by atoms with van der Waals surface area (Å²) in [7, 11) is 0. The number of H-pyrrole nitrogens is 1. The maximum atomic E-state index is 13.2. The number of aromatic amines is 1. The van der Waals surface area contributed by atoms with Gasteiger partial charge in [-0.25, -0.2) is 9.37 Å². The van der Waals surface area contributed by atoms with Crippen molar-refractivity contribution < 1.29 is 4.39 Å². The van der Waals surface area contributed by atoms with Gasteiger partial charge in [0.15, 0.2) is 0 Å². The molecule has 20 heavy (non-hydrogen) atoms. The Bertz CT molecular complexity index is 778. The third-order valence-corrected chi connectivity index (χ3v) is 3.87. The molecule has 0 bridgehead atoms. The highest BCUT2D eigenvalue weighted by molar-refractivity contribution is 5.75. The highest BCUT2D eigenvalue weighted by atomic mass is 19.1. The van der Waals surface area contributed by atoms with Gasteiger partial charge < -0.3 is 10.3 Å². The van der Waals surface area contributed by atoms with Crippen molar-refractivity contribution in [2.45, 2.75) is 12.3 Å². The van der Waals surface area contributed by atoms with Crippen molar-refractivity contribution in [1.29, 1.82) is 0 Å². The molecule has 2 heterocycles. The first-order valence-corrected chi connectivity index (χ1v) is 6.76. The topological polar surface area (TPSA) is 40.7 Å². The molecule has 4 heteroatoms. The number of imidazole rings is 1. The molecule has 100 valence electrons. The molecule has 2 aromatic carbocycles. The predicted octanol–water partition coefficient (Wildman–Crippen LogP) is 3.45. The summed E-state index contributed by atoms with van der Waals surface area (Å²) >= 11 is 0. The van der Waals surface area contributed by atoms with Crippen LogP contribution in [0.1, 0.15) is 17.3 Å². The normalized spacial score (nSPS) is 17.8. The quantitative estimate of drug-likeness (QED) is 0.709. The van der Waals surface area contributed by atoms with E-state index in [2.05, 4.69) is 33.5 Å². The van der Waals surface area contributed by atoms with E-state index in [4.69, 9.17) is 0 Å². The minimum absolute atomic E-state index is 0.236. The Balaban J connectivity index is 1.70. The predicted molar refractivity (Wildman–Crippen MR) is 77.4 cm³/mol. The van der Waals surface area contributed by atoms with Crippen LogP contribution < -0.4 is 5.32 Å². The number of rotatable bonds is 1. The Labute approximate surface area is 115 Å². The van der Waals surface area contributed by atoms with Crippen molar-refractivity contribution in [2.24, 2.45) is 0 Å². The highest BCUT2D eigenvalue weighted by Gasteiger charge is 2.22. The molecule has 0 radical (unpaired) electrons. The summed E-state index contributed by atoms with van der Waals surface area (Å²) in [6.07, 6.45) is 0.950. The van der Waals surface area contributed by atoms with Crippen LogP contribution in [0.3, 0.4) is 0 Å². The molecule has 4 rings (SSSR count). The second kappa shape index (κ2) is 4.34. The Morgan fingerprint density at radius 2 is 2.05 bits per heavy atom. The lowest BCUT2D eigenvalue weighted by molar-refractivity contribution is 0.629. The van der Waals surface area contributed by atoms with Gasteiger partial charge in [-0.15, -0.1) is 0 Å². The fraction of sp³-hybridized carbons (Fsp3) is 0.188. The van der Waals surface area contributed by atoms with Gasteiger partial charge in [0, 0.05) is 18.2 Å². The number of anilines is 1. The zero-order valence-corrected chi connectivity index (χ0v) is 10.9. The Kier molecular flexibility index (Phi) is 2.49. The van der Waals surface area contributed by atoms with Gasteiger partial charge in [-0.05, 0) is 36.2 Å². The molecule has 1 atom stereocenters. The molecule has 3 aromatic rings. The molecular weight excluding hydrogens is 253 g/mol. The van der Waals surface area contributed by atoms with Gasteiger partial charge in [0.25, 0.3) is 0 Å². The number of hydrogen-bond acceptors (Lipinski definition) is 2. The van der Waals surface area contributed by atoms with E-state index < -0.39 is 0 Å². The SMILES string of the molecule is Fc1ccc2nc(C3CNc4ccccc4C3)[nH]c2c1. The van der Waals surface area contributed by atoms with Gasteiger partial charge in [0.1, 0.15) is 11.6 Å². The summed E-state index contributed by atoms with van der Waals surface area (Å²) in [4.78, 5) is 7.83. The Hall–Kier alpha value is -2.36. The van der Waals surface area contributed by atoms with E-state index in [1.807, 2.05) is 6.07 Å². The van der Waals surface area contributed by atoms with E-state index in [0.29, 0.717) is 5.92 Å². The fourth-order valence-corrected chi connectivity index (χ4v) is 2.83. The molecule has 0 fully saturated rings. The lowest BCUT2D eigenvalue weighted by atomic mass is 9.93. The fourth-order valence-electron chi connectivity index (χ4n) is 2.83. The van der Waals surface area contributed by atoms with Crippen LogP contribution in [0, 0.1) is 5.82 Å². The molecule has 0 aliphatic carbocycles. The molecule has 2 N–H and O–H groups in total. The van der Waals surface area contributed by atoms with Crippen molar-refractivity contribution in [2.75, 3.05) is 11.9 Å². The average molecular weight is 267 g/mol. The lowest BCUT2D eigenvalue weighted by Gasteiger charge is -2.24. The zero-order chi connectivity index (χ0) is 13.5. The van der Waals surface area contributed by atoms with Crippen LogP contribution in [0.25, 0.3) is 11.0 Å². The molecule has 0 saturated heterocycles. The Morgan fingerprint density at radius 1 is 1.15 bits per heavy atom. The van der Waals surface area contributed by atoms with Crippen molar-refractivity contribution in [1.82, 2.24) is 9.97 Å². The lowest BCUT2D eigenvalue weighted by Crippen LogP contribution is -2.22. The first kappa shape index (κ1) is 11.5. The van der Waals surface area contributed by atoms with Crippen molar-refractivity contribution in [3.63, 3.8) is 0 Å². The van der Waals surface area contributed by atoms with Gasteiger partial charge in [0.2, 0.25) is 0 Å². The van der Waals surface area contributed by atoms with Crippen molar-refractivity contribution >= 4 is 16.7 Å². The Morgan fingerprint density at radius 3 is 3.00 bits per heavy atom. The number of nitrogens with one attached hydrogen (secondary N) is 2. The van der Waals surface area contributed by atoms with Crippen LogP contribution in [0.15, 0.2) is 42.5 Å². The molecule has 3 nitrogen and oxygen atoms in total. The first-order valence-electron chi connectivity index (χ1n) is 6.76. The van der Waals surface area contributed by atoms with E-state index in [-0.39, 0.29) is 5.82 Å². The van der Waals surface area contributed by atoms with Gasteiger partial charge in [0.05, 0.1) is 11.0 Å². The third kappa shape index (κ3) is 1.84.